The minimum Gasteiger partial charge on any atom is -0.465 e. The van der Waals surface area contributed by atoms with E-state index >= 15 is 0 Å². The van der Waals surface area contributed by atoms with E-state index in [9.17, 15) is 18.0 Å². The zero-order chi connectivity index (χ0) is 14.5. The Labute approximate surface area is 116 Å². The van der Waals surface area contributed by atoms with Gasteiger partial charge in [-0.2, -0.15) is 0 Å². The Kier molecular flexibility index (Phi) is 5.46. The summed E-state index contributed by atoms with van der Waals surface area (Å²) >= 11 is 3.04. The molecule has 0 atom stereocenters. The SMILES string of the molecule is CCOC(=O)CNc1ccc(Br)cc1OC(F)(F)F. The molecular formula is C11H11BrF3NO3. The molecule has 4 nitrogen and oxygen atoms in total. The number of ether oxygens (including phenoxy) is 2. The number of carbonyl (C=O) groups is 1. The number of carbonyl (C=O) groups excluding carboxylic acids is 1. The molecule has 0 spiro atoms. The maximum atomic E-state index is 12.2. The third kappa shape index (κ3) is 5.82. The fourth-order valence-electron chi connectivity index (χ4n) is 1.23. The van der Waals surface area contributed by atoms with Gasteiger partial charge in [0.25, 0.3) is 0 Å². The van der Waals surface area contributed by atoms with Crippen LogP contribution in [0.25, 0.3) is 0 Å². The molecule has 1 N–H and O–H groups in total. The van der Waals surface area contributed by atoms with Crippen molar-refractivity contribution < 1.29 is 27.4 Å². The number of alkyl halides is 3. The molecule has 0 aliphatic rings. The third-order valence-corrected chi connectivity index (χ3v) is 2.39. The van der Waals surface area contributed by atoms with Crippen LogP contribution in [-0.2, 0) is 9.53 Å². The first-order valence-corrected chi connectivity index (χ1v) is 6.06. The van der Waals surface area contributed by atoms with Crippen LogP contribution in [-0.4, -0.2) is 25.5 Å². The van der Waals surface area contributed by atoms with Gasteiger partial charge in [0.15, 0.2) is 5.75 Å². The molecule has 0 aliphatic heterocycles. The first-order chi connectivity index (χ1) is 8.81. The summed E-state index contributed by atoms with van der Waals surface area (Å²) in [5, 5.41) is 2.53. The maximum absolute atomic E-state index is 12.2. The molecule has 0 radical (unpaired) electrons. The summed E-state index contributed by atoms with van der Waals surface area (Å²) in [7, 11) is 0. The molecule has 0 saturated carbocycles. The average molecular weight is 342 g/mol. The van der Waals surface area contributed by atoms with Crippen LogP contribution in [0.5, 0.6) is 5.75 Å². The summed E-state index contributed by atoms with van der Waals surface area (Å²) in [6.07, 6.45) is -4.80. The van der Waals surface area contributed by atoms with Crippen molar-refractivity contribution in [3.05, 3.63) is 22.7 Å². The fraction of sp³-hybridized carbons (Fsp3) is 0.364. The van der Waals surface area contributed by atoms with E-state index in [4.69, 9.17) is 0 Å². The molecule has 0 aliphatic carbocycles. The molecule has 0 saturated heterocycles. The Hall–Kier alpha value is -1.44. The van der Waals surface area contributed by atoms with Crippen LogP contribution in [0.2, 0.25) is 0 Å². The average Bonchev–Trinajstić information content (AvgIpc) is 2.26. The lowest BCUT2D eigenvalue weighted by Crippen LogP contribution is -2.20. The van der Waals surface area contributed by atoms with Crippen molar-refractivity contribution >= 4 is 27.6 Å². The van der Waals surface area contributed by atoms with E-state index in [0.29, 0.717) is 4.47 Å². The van der Waals surface area contributed by atoms with Crippen molar-refractivity contribution in [2.24, 2.45) is 0 Å². The number of esters is 1. The molecule has 1 aromatic rings. The summed E-state index contributed by atoms with van der Waals surface area (Å²) in [6, 6.07) is 4.04. The van der Waals surface area contributed by atoms with Gasteiger partial charge in [0.05, 0.1) is 12.3 Å². The summed E-state index contributed by atoms with van der Waals surface area (Å²) < 4.78 is 45.6. The second kappa shape index (κ2) is 6.65. The minimum absolute atomic E-state index is 0.0496. The van der Waals surface area contributed by atoms with Crippen molar-refractivity contribution in [3.63, 3.8) is 0 Å². The standard InChI is InChI=1S/C11H11BrF3NO3/c1-2-18-10(17)6-16-8-4-3-7(12)5-9(8)19-11(13,14)15/h3-5,16H,2,6H2,1H3. The molecule has 0 bridgehead atoms. The Morgan fingerprint density at radius 2 is 2.11 bits per heavy atom. The smallest absolute Gasteiger partial charge is 0.465 e. The van der Waals surface area contributed by atoms with Gasteiger partial charge in [0.1, 0.15) is 6.54 Å². The van der Waals surface area contributed by atoms with Crippen LogP contribution < -0.4 is 10.1 Å². The van der Waals surface area contributed by atoms with Crippen LogP contribution in [0.4, 0.5) is 18.9 Å². The van der Waals surface area contributed by atoms with E-state index < -0.39 is 18.1 Å². The monoisotopic (exact) mass is 341 g/mol. The third-order valence-electron chi connectivity index (χ3n) is 1.90. The van der Waals surface area contributed by atoms with E-state index in [1.807, 2.05) is 0 Å². The highest BCUT2D eigenvalue weighted by Gasteiger charge is 2.32. The highest BCUT2D eigenvalue weighted by Crippen LogP contribution is 2.32. The zero-order valence-corrected chi connectivity index (χ0v) is 11.5. The lowest BCUT2D eigenvalue weighted by atomic mass is 10.3. The minimum atomic E-state index is -4.80. The van der Waals surface area contributed by atoms with Crippen LogP contribution >= 0.6 is 15.9 Å². The first-order valence-electron chi connectivity index (χ1n) is 5.26. The van der Waals surface area contributed by atoms with Crippen LogP contribution in [0.3, 0.4) is 0 Å². The lowest BCUT2D eigenvalue weighted by molar-refractivity contribution is -0.274. The van der Waals surface area contributed by atoms with E-state index in [1.54, 1.807) is 6.92 Å². The van der Waals surface area contributed by atoms with Crippen molar-refractivity contribution in [3.8, 4) is 5.75 Å². The van der Waals surface area contributed by atoms with Gasteiger partial charge in [-0.1, -0.05) is 15.9 Å². The Morgan fingerprint density at radius 3 is 2.68 bits per heavy atom. The zero-order valence-electron chi connectivity index (χ0n) is 9.88. The van der Waals surface area contributed by atoms with Crippen molar-refractivity contribution in [2.45, 2.75) is 13.3 Å². The van der Waals surface area contributed by atoms with Gasteiger partial charge in [-0.25, -0.2) is 0 Å². The lowest BCUT2D eigenvalue weighted by Gasteiger charge is -2.14. The molecule has 106 valence electrons. The predicted molar refractivity (Wildman–Crippen MR) is 65.9 cm³/mol. The summed E-state index contributed by atoms with van der Waals surface area (Å²) in [6.45, 7) is 1.59. The Morgan fingerprint density at radius 1 is 1.42 bits per heavy atom. The van der Waals surface area contributed by atoms with Gasteiger partial charge >= 0.3 is 12.3 Å². The van der Waals surface area contributed by atoms with E-state index in [1.165, 1.54) is 12.1 Å². The Bertz CT molecular complexity index is 451. The molecule has 0 heterocycles. The van der Waals surface area contributed by atoms with Gasteiger partial charge in [-0.05, 0) is 25.1 Å². The van der Waals surface area contributed by atoms with E-state index in [2.05, 4.69) is 30.7 Å². The molecule has 19 heavy (non-hydrogen) atoms. The molecule has 1 aromatic carbocycles. The van der Waals surface area contributed by atoms with Crippen LogP contribution in [0.15, 0.2) is 22.7 Å². The first kappa shape index (κ1) is 15.6. The van der Waals surface area contributed by atoms with Gasteiger partial charge in [-0.15, -0.1) is 13.2 Å². The second-order valence-electron chi connectivity index (χ2n) is 3.35. The van der Waals surface area contributed by atoms with Crippen molar-refractivity contribution in [1.82, 2.24) is 0 Å². The Balaban J connectivity index is 2.79. The molecule has 0 unspecified atom stereocenters. The number of nitrogens with one attached hydrogen (secondary N) is 1. The van der Waals surface area contributed by atoms with E-state index in [0.717, 1.165) is 6.07 Å². The maximum Gasteiger partial charge on any atom is 0.573 e. The van der Waals surface area contributed by atoms with Gasteiger partial charge in [0, 0.05) is 4.47 Å². The second-order valence-corrected chi connectivity index (χ2v) is 4.26. The number of anilines is 1. The number of hydrogen-bond acceptors (Lipinski definition) is 4. The van der Waals surface area contributed by atoms with Gasteiger partial charge < -0.3 is 14.8 Å². The molecule has 0 fully saturated rings. The molecular weight excluding hydrogens is 331 g/mol. The molecule has 8 heteroatoms. The van der Waals surface area contributed by atoms with E-state index in [-0.39, 0.29) is 18.8 Å². The highest BCUT2D eigenvalue weighted by molar-refractivity contribution is 9.10. The van der Waals surface area contributed by atoms with Gasteiger partial charge in [0.2, 0.25) is 0 Å². The number of hydrogen-bond donors (Lipinski definition) is 1. The number of halogens is 4. The molecule has 1 rings (SSSR count). The molecule has 0 aromatic heterocycles. The van der Waals surface area contributed by atoms with Crippen molar-refractivity contribution in [2.75, 3.05) is 18.5 Å². The molecule has 0 amide bonds. The summed E-state index contributed by atoms with van der Waals surface area (Å²) in [5.74, 6) is -0.991. The number of rotatable bonds is 5. The fourth-order valence-corrected chi connectivity index (χ4v) is 1.57. The summed E-state index contributed by atoms with van der Waals surface area (Å²) in [5.41, 5.74) is 0.0496. The topological polar surface area (TPSA) is 47.6 Å². The number of benzene rings is 1. The highest BCUT2D eigenvalue weighted by atomic mass is 79.9. The van der Waals surface area contributed by atoms with Gasteiger partial charge in [-0.3, -0.25) is 4.79 Å². The quantitative estimate of drug-likeness (QED) is 0.834. The van der Waals surface area contributed by atoms with Crippen LogP contribution in [0.1, 0.15) is 6.92 Å². The van der Waals surface area contributed by atoms with Crippen molar-refractivity contribution in [1.29, 1.82) is 0 Å². The van der Waals surface area contributed by atoms with Crippen LogP contribution in [0, 0.1) is 0 Å². The normalized spacial score (nSPS) is 11.0. The summed E-state index contributed by atoms with van der Waals surface area (Å²) in [4.78, 5) is 11.1. The largest absolute Gasteiger partial charge is 0.573 e. The predicted octanol–water partition coefficient (Wildman–Crippen LogP) is 3.32.